The van der Waals surface area contributed by atoms with E-state index in [1.807, 2.05) is 32.0 Å². The number of aryl methyl sites for hydroxylation is 2. The molecule has 0 amide bonds. The molecule has 2 rings (SSSR count). The quantitative estimate of drug-likeness (QED) is 0.864. The third kappa shape index (κ3) is 3.23. The summed E-state index contributed by atoms with van der Waals surface area (Å²) in [5, 5.41) is 3.48. The monoisotopic (exact) mass is 273 g/mol. The summed E-state index contributed by atoms with van der Waals surface area (Å²) in [6.07, 6.45) is 0. The molecule has 1 aromatic heterocycles. The van der Waals surface area contributed by atoms with Gasteiger partial charge in [0.05, 0.1) is 12.6 Å². The Hall–Kier alpha value is -1.74. The smallest absolute Gasteiger partial charge is 0.125 e. The van der Waals surface area contributed by atoms with Crippen molar-refractivity contribution in [3.8, 4) is 5.75 Å². The molecule has 1 heterocycles. The Kier molecular flexibility index (Phi) is 4.85. The second-order valence-electron chi connectivity index (χ2n) is 4.91. The largest absolute Gasteiger partial charge is 0.494 e. The van der Waals surface area contributed by atoms with Gasteiger partial charge in [-0.25, -0.2) is 0 Å². The molecule has 0 aliphatic carbocycles. The molecule has 20 heavy (non-hydrogen) atoms. The standard InChI is InChI=1S/C17H23NO2/c1-5-18-17(16-10-8-13(4)20-16)14-11-12(3)7-9-15(14)19-6-2/h7-11,17-18H,5-6H2,1-4H3. The summed E-state index contributed by atoms with van der Waals surface area (Å²) in [4.78, 5) is 0. The van der Waals surface area contributed by atoms with Crippen LogP contribution in [-0.2, 0) is 0 Å². The third-order valence-electron chi connectivity index (χ3n) is 3.23. The minimum atomic E-state index is 0.0233. The lowest BCUT2D eigenvalue weighted by molar-refractivity contribution is 0.330. The Bertz CT molecular complexity index is 560. The number of benzene rings is 1. The van der Waals surface area contributed by atoms with Crippen LogP contribution in [0.5, 0.6) is 5.75 Å². The van der Waals surface area contributed by atoms with Gasteiger partial charge in [0.2, 0.25) is 0 Å². The lowest BCUT2D eigenvalue weighted by Crippen LogP contribution is -2.22. The molecule has 1 atom stereocenters. The molecular weight excluding hydrogens is 250 g/mol. The van der Waals surface area contributed by atoms with E-state index in [0.717, 1.165) is 29.4 Å². The average Bonchev–Trinajstić information content (AvgIpc) is 2.85. The highest BCUT2D eigenvalue weighted by Crippen LogP contribution is 2.32. The maximum absolute atomic E-state index is 5.81. The van der Waals surface area contributed by atoms with Gasteiger partial charge in [-0.05, 0) is 45.5 Å². The van der Waals surface area contributed by atoms with Gasteiger partial charge in [-0.15, -0.1) is 0 Å². The van der Waals surface area contributed by atoms with E-state index in [0.29, 0.717) is 6.61 Å². The van der Waals surface area contributed by atoms with E-state index in [1.54, 1.807) is 0 Å². The van der Waals surface area contributed by atoms with Gasteiger partial charge < -0.3 is 14.5 Å². The molecule has 3 nitrogen and oxygen atoms in total. The van der Waals surface area contributed by atoms with Crippen LogP contribution in [0, 0.1) is 13.8 Å². The van der Waals surface area contributed by atoms with E-state index < -0.39 is 0 Å². The SMILES string of the molecule is CCNC(c1ccc(C)o1)c1cc(C)ccc1OCC. The van der Waals surface area contributed by atoms with Crippen molar-refractivity contribution in [3.63, 3.8) is 0 Å². The predicted octanol–water partition coefficient (Wildman–Crippen LogP) is 3.99. The average molecular weight is 273 g/mol. The van der Waals surface area contributed by atoms with E-state index in [2.05, 4.69) is 31.3 Å². The normalized spacial score (nSPS) is 12.4. The van der Waals surface area contributed by atoms with Crippen LogP contribution in [0.15, 0.2) is 34.7 Å². The van der Waals surface area contributed by atoms with E-state index in [-0.39, 0.29) is 6.04 Å². The molecule has 0 aliphatic heterocycles. The predicted molar refractivity (Wildman–Crippen MR) is 81.3 cm³/mol. The maximum atomic E-state index is 5.81. The van der Waals surface area contributed by atoms with Gasteiger partial charge in [-0.3, -0.25) is 0 Å². The van der Waals surface area contributed by atoms with Gasteiger partial charge in [0.25, 0.3) is 0 Å². The Morgan fingerprint density at radius 3 is 2.55 bits per heavy atom. The highest BCUT2D eigenvalue weighted by Gasteiger charge is 2.20. The Balaban J connectivity index is 2.45. The number of furan rings is 1. The van der Waals surface area contributed by atoms with Crippen LogP contribution in [0.3, 0.4) is 0 Å². The Morgan fingerprint density at radius 1 is 1.15 bits per heavy atom. The van der Waals surface area contributed by atoms with Crippen LogP contribution in [0.1, 0.15) is 42.5 Å². The van der Waals surface area contributed by atoms with Crippen LogP contribution in [-0.4, -0.2) is 13.2 Å². The van der Waals surface area contributed by atoms with Crippen LogP contribution < -0.4 is 10.1 Å². The molecule has 1 N–H and O–H groups in total. The zero-order chi connectivity index (χ0) is 14.5. The molecular formula is C17H23NO2. The van der Waals surface area contributed by atoms with Crippen LogP contribution in [0.25, 0.3) is 0 Å². The van der Waals surface area contributed by atoms with E-state index in [9.17, 15) is 0 Å². The molecule has 108 valence electrons. The number of hydrogen-bond acceptors (Lipinski definition) is 3. The highest BCUT2D eigenvalue weighted by molar-refractivity contribution is 5.42. The number of nitrogens with one attached hydrogen (secondary N) is 1. The molecule has 0 aliphatic rings. The second kappa shape index (κ2) is 6.62. The van der Waals surface area contributed by atoms with Gasteiger partial charge in [0.1, 0.15) is 17.3 Å². The second-order valence-corrected chi connectivity index (χ2v) is 4.91. The highest BCUT2D eigenvalue weighted by atomic mass is 16.5. The molecule has 1 unspecified atom stereocenters. The third-order valence-corrected chi connectivity index (χ3v) is 3.23. The first-order valence-corrected chi connectivity index (χ1v) is 7.18. The van der Waals surface area contributed by atoms with E-state index >= 15 is 0 Å². The Morgan fingerprint density at radius 2 is 1.95 bits per heavy atom. The van der Waals surface area contributed by atoms with Crippen molar-refractivity contribution in [1.82, 2.24) is 5.32 Å². The summed E-state index contributed by atoms with van der Waals surface area (Å²) in [5.74, 6) is 2.77. The first-order valence-electron chi connectivity index (χ1n) is 7.18. The minimum absolute atomic E-state index is 0.0233. The van der Waals surface area contributed by atoms with Crippen molar-refractivity contribution < 1.29 is 9.15 Å². The van der Waals surface area contributed by atoms with Crippen molar-refractivity contribution in [2.24, 2.45) is 0 Å². The van der Waals surface area contributed by atoms with Crippen LogP contribution in [0.2, 0.25) is 0 Å². The summed E-state index contributed by atoms with van der Waals surface area (Å²) in [6.45, 7) is 9.68. The number of hydrogen-bond donors (Lipinski definition) is 1. The summed E-state index contributed by atoms with van der Waals surface area (Å²) in [6, 6.07) is 10.3. The lowest BCUT2D eigenvalue weighted by atomic mass is 10.0. The zero-order valence-corrected chi connectivity index (χ0v) is 12.7. The van der Waals surface area contributed by atoms with Crippen molar-refractivity contribution >= 4 is 0 Å². The van der Waals surface area contributed by atoms with E-state index in [4.69, 9.17) is 9.15 Å². The first kappa shape index (κ1) is 14.7. The summed E-state index contributed by atoms with van der Waals surface area (Å²) in [5.41, 5.74) is 2.35. The van der Waals surface area contributed by atoms with Crippen molar-refractivity contribution in [3.05, 3.63) is 53.0 Å². The van der Waals surface area contributed by atoms with Gasteiger partial charge in [0.15, 0.2) is 0 Å². The molecule has 0 radical (unpaired) electrons. The fourth-order valence-corrected chi connectivity index (χ4v) is 2.36. The topological polar surface area (TPSA) is 34.4 Å². The van der Waals surface area contributed by atoms with E-state index in [1.165, 1.54) is 5.56 Å². The minimum Gasteiger partial charge on any atom is -0.494 e. The molecule has 0 fully saturated rings. The first-order chi connectivity index (χ1) is 9.65. The molecule has 0 saturated heterocycles. The summed E-state index contributed by atoms with van der Waals surface area (Å²) >= 11 is 0. The molecule has 0 saturated carbocycles. The molecule has 0 spiro atoms. The number of ether oxygens (including phenoxy) is 1. The maximum Gasteiger partial charge on any atom is 0.125 e. The van der Waals surface area contributed by atoms with Crippen LogP contribution >= 0.6 is 0 Å². The molecule has 2 aromatic rings. The molecule has 3 heteroatoms. The summed E-state index contributed by atoms with van der Waals surface area (Å²) in [7, 11) is 0. The van der Waals surface area contributed by atoms with Crippen molar-refractivity contribution in [2.75, 3.05) is 13.2 Å². The fourth-order valence-electron chi connectivity index (χ4n) is 2.36. The summed E-state index contributed by atoms with van der Waals surface area (Å²) < 4.78 is 11.6. The number of rotatable bonds is 6. The fraction of sp³-hybridized carbons (Fsp3) is 0.412. The zero-order valence-electron chi connectivity index (χ0n) is 12.7. The van der Waals surface area contributed by atoms with Gasteiger partial charge in [-0.1, -0.05) is 24.6 Å². The molecule has 1 aromatic carbocycles. The van der Waals surface area contributed by atoms with Gasteiger partial charge in [-0.2, -0.15) is 0 Å². The van der Waals surface area contributed by atoms with Gasteiger partial charge in [0, 0.05) is 5.56 Å². The van der Waals surface area contributed by atoms with Crippen molar-refractivity contribution in [2.45, 2.75) is 33.7 Å². The van der Waals surface area contributed by atoms with Crippen molar-refractivity contribution in [1.29, 1.82) is 0 Å². The lowest BCUT2D eigenvalue weighted by Gasteiger charge is -2.20. The van der Waals surface area contributed by atoms with Crippen LogP contribution in [0.4, 0.5) is 0 Å². The Labute approximate surface area is 121 Å². The van der Waals surface area contributed by atoms with Gasteiger partial charge >= 0.3 is 0 Å². The molecule has 0 bridgehead atoms.